The van der Waals surface area contributed by atoms with Gasteiger partial charge in [0.05, 0.1) is 11.2 Å². The summed E-state index contributed by atoms with van der Waals surface area (Å²) in [5.74, 6) is -0.0724. The third kappa shape index (κ3) is 2.84. The predicted molar refractivity (Wildman–Crippen MR) is 97.1 cm³/mol. The molecule has 2 bridgehead atoms. The van der Waals surface area contributed by atoms with Crippen LogP contribution in [0.2, 0.25) is 0 Å². The summed E-state index contributed by atoms with van der Waals surface area (Å²) in [6.07, 6.45) is 0.464. The molecule has 144 valence electrons. The van der Waals surface area contributed by atoms with Crippen molar-refractivity contribution in [2.75, 3.05) is 5.32 Å². The van der Waals surface area contributed by atoms with Gasteiger partial charge in [-0.05, 0) is 55.7 Å². The van der Waals surface area contributed by atoms with Crippen molar-refractivity contribution in [1.29, 1.82) is 0 Å². The summed E-state index contributed by atoms with van der Waals surface area (Å²) in [6, 6.07) is 5.72. The molecule has 4 rings (SSSR count). The fourth-order valence-electron chi connectivity index (χ4n) is 5.12. The number of rotatable bonds is 4. The molecular formula is C20H23F2N3O2. The van der Waals surface area contributed by atoms with E-state index in [4.69, 9.17) is 0 Å². The van der Waals surface area contributed by atoms with Crippen molar-refractivity contribution < 1.29 is 18.7 Å². The van der Waals surface area contributed by atoms with E-state index in [1.165, 1.54) is 17.9 Å². The minimum atomic E-state index is -2.82. The fourth-order valence-corrected chi connectivity index (χ4v) is 5.12. The Morgan fingerprint density at radius 3 is 2.70 bits per heavy atom. The van der Waals surface area contributed by atoms with Crippen LogP contribution in [0.1, 0.15) is 72.1 Å². The van der Waals surface area contributed by atoms with E-state index >= 15 is 0 Å². The fraction of sp³-hybridized carbons (Fsp3) is 0.500. The number of alkyl halides is 2. The highest BCUT2D eigenvalue weighted by atomic mass is 19.3. The number of aromatic nitrogens is 2. The van der Waals surface area contributed by atoms with Gasteiger partial charge in [-0.15, -0.1) is 0 Å². The van der Waals surface area contributed by atoms with Crippen molar-refractivity contribution in [3.05, 3.63) is 46.8 Å². The number of nitrogens with zero attached hydrogens (tertiary/aromatic N) is 2. The number of halogens is 2. The number of amides is 1. The lowest BCUT2D eigenvalue weighted by Crippen LogP contribution is -2.32. The first-order valence-electron chi connectivity index (χ1n) is 9.16. The van der Waals surface area contributed by atoms with Crippen LogP contribution >= 0.6 is 0 Å². The number of nitrogens with one attached hydrogen (secondary N) is 1. The quantitative estimate of drug-likeness (QED) is 0.850. The summed E-state index contributed by atoms with van der Waals surface area (Å²) in [5.41, 5.74) is 1.38. The van der Waals surface area contributed by atoms with Gasteiger partial charge in [0, 0.05) is 24.8 Å². The van der Waals surface area contributed by atoms with Gasteiger partial charge in [-0.25, -0.2) is 8.78 Å². The molecule has 1 aromatic heterocycles. The molecule has 0 spiro atoms. The Hall–Kier alpha value is -2.28. The normalized spacial score (nSPS) is 23.7. The molecule has 7 heteroatoms. The molecule has 1 fully saturated rings. The van der Waals surface area contributed by atoms with Crippen molar-refractivity contribution in [3.8, 4) is 0 Å². The molecule has 2 aliphatic carbocycles. The van der Waals surface area contributed by atoms with Crippen LogP contribution in [-0.2, 0) is 7.05 Å². The summed E-state index contributed by atoms with van der Waals surface area (Å²) < 4.78 is 27.6. The maximum absolute atomic E-state index is 13.2. The number of carbonyl (C=O) groups excluding carboxylic acids is 1. The van der Waals surface area contributed by atoms with Crippen LogP contribution in [0, 0.1) is 5.92 Å². The van der Waals surface area contributed by atoms with Crippen molar-refractivity contribution in [3.63, 3.8) is 0 Å². The molecule has 0 aliphatic heterocycles. The zero-order chi connectivity index (χ0) is 19.5. The Balaban J connectivity index is 1.68. The van der Waals surface area contributed by atoms with Crippen LogP contribution in [0.5, 0.6) is 0 Å². The second-order valence-corrected chi connectivity index (χ2v) is 8.13. The highest BCUT2D eigenvalue weighted by molar-refractivity contribution is 6.05. The Bertz CT molecular complexity index is 901. The maximum atomic E-state index is 13.2. The van der Waals surface area contributed by atoms with Gasteiger partial charge in [0.1, 0.15) is 5.69 Å². The van der Waals surface area contributed by atoms with E-state index in [9.17, 15) is 18.7 Å². The van der Waals surface area contributed by atoms with Crippen LogP contribution in [0.15, 0.2) is 24.4 Å². The maximum Gasteiger partial charge on any atom is 0.282 e. The molecule has 27 heavy (non-hydrogen) atoms. The standard InChI is InChI=1S/C20H23F2N3O2/c1-20(2,27)16-11-7-8-12(16)15-10(11)5-4-6-14(15)23-19(26)13-9-25(3)24-17(13)18(21)22/h4-6,9,11-12,16,18,27H,7-8H2,1-3H3,(H,23,26). The molecule has 2 aromatic rings. The van der Waals surface area contributed by atoms with Crippen LogP contribution < -0.4 is 5.32 Å². The molecule has 2 N–H and O–H groups in total. The average Bonchev–Trinajstić information content (AvgIpc) is 3.26. The highest BCUT2D eigenvalue weighted by Gasteiger charge is 2.52. The highest BCUT2D eigenvalue weighted by Crippen LogP contribution is 2.62. The Morgan fingerprint density at radius 1 is 1.33 bits per heavy atom. The summed E-state index contributed by atoms with van der Waals surface area (Å²) in [5, 5.41) is 17.2. The second kappa shape index (κ2) is 6.12. The van der Waals surface area contributed by atoms with E-state index in [0.29, 0.717) is 5.69 Å². The first kappa shape index (κ1) is 18.1. The van der Waals surface area contributed by atoms with Crippen LogP contribution in [-0.4, -0.2) is 26.4 Å². The van der Waals surface area contributed by atoms with E-state index in [0.717, 1.165) is 24.0 Å². The largest absolute Gasteiger partial charge is 0.390 e. The van der Waals surface area contributed by atoms with Crippen LogP contribution in [0.3, 0.4) is 0 Å². The van der Waals surface area contributed by atoms with Gasteiger partial charge in [-0.1, -0.05) is 12.1 Å². The topological polar surface area (TPSA) is 67.2 Å². The molecule has 1 heterocycles. The summed E-state index contributed by atoms with van der Waals surface area (Å²) >= 11 is 0. The van der Waals surface area contributed by atoms with Crippen molar-refractivity contribution >= 4 is 11.6 Å². The number of carbonyl (C=O) groups is 1. The lowest BCUT2D eigenvalue weighted by atomic mass is 9.81. The van der Waals surface area contributed by atoms with Crippen molar-refractivity contribution in [1.82, 2.24) is 9.78 Å². The Morgan fingerprint density at radius 2 is 2.04 bits per heavy atom. The second-order valence-electron chi connectivity index (χ2n) is 8.13. The molecule has 0 saturated heterocycles. The Kier molecular flexibility index (Phi) is 4.10. The molecule has 3 unspecified atom stereocenters. The third-order valence-corrected chi connectivity index (χ3v) is 5.94. The lowest BCUT2D eigenvalue weighted by Gasteiger charge is -2.30. The van der Waals surface area contributed by atoms with E-state index < -0.39 is 23.6 Å². The number of anilines is 1. The third-order valence-electron chi connectivity index (χ3n) is 5.94. The monoisotopic (exact) mass is 375 g/mol. The lowest BCUT2D eigenvalue weighted by molar-refractivity contribution is 0.0106. The van der Waals surface area contributed by atoms with E-state index in [1.807, 2.05) is 26.0 Å². The zero-order valence-electron chi connectivity index (χ0n) is 15.5. The van der Waals surface area contributed by atoms with Crippen molar-refractivity contribution in [2.24, 2.45) is 13.0 Å². The minimum absolute atomic E-state index is 0.0977. The first-order chi connectivity index (χ1) is 12.7. The number of fused-ring (bicyclic) bond motifs is 5. The summed E-state index contributed by atoms with van der Waals surface area (Å²) in [6.45, 7) is 3.66. The molecule has 1 amide bonds. The number of aryl methyl sites for hydroxylation is 1. The van der Waals surface area contributed by atoms with E-state index in [2.05, 4.69) is 10.4 Å². The van der Waals surface area contributed by atoms with Gasteiger partial charge in [0.25, 0.3) is 12.3 Å². The molecule has 0 radical (unpaired) electrons. The molecule has 1 saturated carbocycles. The smallest absolute Gasteiger partial charge is 0.282 e. The molecular weight excluding hydrogens is 352 g/mol. The van der Waals surface area contributed by atoms with Gasteiger partial charge in [-0.2, -0.15) is 5.10 Å². The molecule has 5 nitrogen and oxygen atoms in total. The minimum Gasteiger partial charge on any atom is -0.390 e. The van der Waals surface area contributed by atoms with Crippen LogP contribution in [0.4, 0.5) is 14.5 Å². The van der Waals surface area contributed by atoms with Gasteiger partial charge < -0.3 is 10.4 Å². The zero-order valence-corrected chi connectivity index (χ0v) is 15.5. The van der Waals surface area contributed by atoms with Gasteiger partial charge in [0.2, 0.25) is 0 Å². The van der Waals surface area contributed by atoms with E-state index in [1.54, 1.807) is 6.07 Å². The number of hydrogen-bond acceptors (Lipinski definition) is 3. The predicted octanol–water partition coefficient (Wildman–Crippen LogP) is 3.97. The summed E-state index contributed by atoms with van der Waals surface area (Å²) in [7, 11) is 1.51. The number of aliphatic hydroxyl groups is 1. The van der Waals surface area contributed by atoms with Gasteiger partial charge in [-0.3, -0.25) is 9.48 Å². The SMILES string of the molecule is Cn1cc(C(=O)Nc2cccc3c2C2CCC3C2C(C)(C)O)c(C(F)F)n1. The first-order valence-corrected chi connectivity index (χ1v) is 9.16. The number of benzene rings is 1. The van der Waals surface area contributed by atoms with Gasteiger partial charge in [0.15, 0.2) is 0 Å². The molecule has 2 aliphatic rings. The van der Waals surface area contributed by atoms with E-state index in [-0.39, 0.29) is 23.3 Å². The molecule has 1 aromatic carbocycles. The summed E-state index contributed by atoms with van der Waals surface area (Å²) in [4.78, 5) is 12.7. The van der Waals surface area contributed by atoms with Crippen LogP contribution in [0.25, 0.3) is 0 Å². The van der Waals surface area contributed by atoms with Crippen molar-refractivity contribution in [2.45, 2.75) is 50.6 Å². The molecule has 3 atom stereocenters. The average molecular weight is 375 g/mol. The van der Waals surface area contributed by atoms with Gasteiger partial charge >= 0.3 is 0 Å². The Labute approximate surface area is 156 Å². The number of hydrogen-bond donors (Lipinski definition) is 2.